The van der Waals surface area contributed by atoms with Gasteiger partial charge in [0.15, 0.2) is 35.0 Å². The predicted molar refractivity (Wildman–Crippen MR) is 261 cm³/mol. The summed E-state index contributed by atoms with van der Waals surface area (Å²) in [6.07, 6.45) is 6.18. The number of ketones is 2. The number of carbonyl (C=O) groups excluding carboxylic acids is 6. The summed E-state index contributed by atoms with van der Waals surface area (Å²) in [4.78, 5) is 88.0. The number of unbranched alkanes of at least 4 members (excludes halogenated alkanes) is 2. The zero-order valence-electron chi connectivity index (χ0n) is 41.1. The Kier molecular flexibility index (Phi) is 16.1. The van der Waals surface area contributed by atoms with Gasteiger partial charge in [-0.25, -0.2) is 9.69 Å². The third kappa shape index (κ3) is 11.4. The van der Waals surface area contributed by atoms with Crippen molar-refractivity contribution >= 4 is 53.0 Å². The van der Waals surface area contributed by atoms with Crippen molar-refractivity contribution in [3.05, 3.63) is 94.3 Å². The highest BCUT2D eigenvalue weighted by molar-refractivity contribution is 6.07. The van der Waals surface area contributed by atoms with E-state index in [1.54, 1.807) is 60.6 Å². The second-order valence-corrected chi connectivity index (χ2v) is 18.8. The number of carbonyl (C=O) groups is 6. The van der Waals surface area contributed by atoms with E-state index in [0.717, 1.165) is 22.5 Å². The van der Waals surface area contributed by atoms with Gasteiger partial charge < -0.3 is 48.7 Å². The fraction of sp³-hybridized carbons (Fsp3) is 0.453. The third-order valence-electron chi connectivity index (χ3n) is 13.0. The van der Waals surface area contributed by atoms with E-state index in [9.17, 15) is 33.9 Å². The number of hydrogen-bond donors (Lipinski definition) is 2. The highest BCUT2D eigenvalue weighted by Crippen LogP contribution is 2.43. The molecule has 7 rings (SSSR count). The molecule has 4 amide bonds. The maximum Gasteiger partial charge on any atom is 0.416 e. The van der Waals surface area contributed by atoms with Gasteiger partial charge in [0.2, 0.25) is 5.91 Å². The molecular weight excluding hydrogens is 899 g/mol. The summed E-state index contributed by atoms with van der Waals surface area (Å²) in [7, 11) is 2.98. The van der Waals surface area contributed by atoms with E-state index >= 15 is 0 Å². The molecule has 5 atom stereocenters. The third-order valence-corrected chi connectivity index (χ3v) is 13.0. The number of benzene rings is 3. The molecule has 0 bridgehead atoms. The molecule has 0 saturated carbocycles. The minimum Gasteiger partial charge on any atom is -0.493 e. The molecule has 4 aliphatic rings. The first-order valence-electron chi connectivity index (χ1n) is 23.8. The quantitative estimate of drug-likeness (QED) is 0.105. The molecule has 0 aliphatic carbocycles. The van der Waals surface area contributed by atoms with Crippen molar-refractivity contribution < 1.29 is 57.6 Å². The first-order valence-corrected chi connectivity index (χ1v) is 23.8. The molecule has 0 radical (unpaired) electrons. The van der Waals surface area contributed by atoms with E-state index in [4.69, 9.17) is 23.7 Å². The molecular formula is C53H63N5O12. The van der Waals surface area contributed by atoms with E-state index < -0.39 is 36.2 Å². The zero-order valence-corrected chi connectivity index (χ0v) is 41.1. The van der Waals surface area contributed by atoms with E-state index in [1.807, 2.05) is 33.9 Å². The molecule has 17 heteroatoms. The summed E-state index contributed by atoms with van der Waals surface area (Å²) in [5, 5.41) is 14.6. The van der Waals surface area contributed by atoms with Crippen LogP contribution in [0.4, 0.5) is 16.2 Å². The Morgan fingerprint density at radius 2 is 1.39 bits per heavy atom. The van der Waals surface area contributed by atoms with Crippen LogP contribution in [-0.2, 0) is 32.1 Å². The zero-order chi connectivity index (χ0) is 50.4. The summed E-state index contributed by atoms with van der Waals surface area (Å²) < 4.78 is 29.4. The van der Waals surface area contributed by atoms with E-state index in [2.05, 4.69) is 10.3 Å². The number of aliphatic hydroxyl groups excluding tert-OH is 1. The predicted octanol–water partition coefficient (Wildman–Crippen LogP) is 7.63. The van der Waals surface area contributed by atoms with Crippen LogP contribution in [-0.4, -0.2) is 108 Å². The Morgan fingerprint density at radius 3 is 2.03 bits per heavy atom. The highest BCUT2D eigenvalue weighted by Gasteiger charge is 2.45. The summed E-state index contributed by atoms with van der Waals surface area (Å²) in [5.74, 6) is -0.355. The van der Waals surface area contributed by atoms with Crippen LogP contribution in [0.2, 0.25) is 0 Å². The SMILES string of the molecule is COc1cc2c(cc1OCCCCCOc1cc3c(cc1OC)C(=O)N1C=C(C)C[C@H]1[C@H](O)N3C(=O)OCc1ccc(CC(=O)[C@H](C)NC(=O)[C@@H](CC(C)=O)C(C)C)cc1)N=C[C@@H]1CC(C)=CN1C2=O. The average molecular weight is 962 g/mol. The van der Waals surface area contributed by atoms with E-state index in [1.165, 1.54) is 38.2 Å². The number of rotatable bonds is 20. The van der Waals surface area contributed by atoms with Crippen LogP contribution in [0.3, 0.4) is 0 Å². The van der Waals surface area contributed by atoms with Crippen LogP contribution < -0.4 is 29.2 Å². The first-order chi connectivity index (χ1) is 33.5. The number of fused-ring (bicyclic) bond motifs is 4. The van der Waals surface area contributed by atoms with Gasteiger partial charge in [0.05, 0.1) is 68.1 Å². The van der Waals surface area contributed by atoms with Crippen LogP contribution in [0, 0.1) is 11.8 Å². The smallest absolute Gasteiger partial charge is 0.416 e. The van der Waals surface area contributed by atoms with Crippen LogP contribution in [0.1, 0.15) is 112 Å². The van der Waals surface area contributed by atoms with E-state index in [0.29, 0.717) is 66.2 Å². The van der Waals surface area contributed by atoms with Crippen molar-refractivity contribution in [3.8, 4) is 23.0 Å². The maximum absolute atomic E-state index is 14.1. The molecule has 3 aromatic rings. The topological polar surface area (TPSA) is 203 Å². The van der Waals surface area contributed by atoms with Crippen LogP contribution in [0.25, 0.3) is 0 Å². The molecule has 4 aliphatic heterocycles. The Bertz CT molecular complexity index is 2600. The number of methoxy groups -OCH3 is 2. The lowest BCUT2D eigenvalue weighted by molar-refractivity contribution is -0.132. The van der Waals surface area contributed by atoms with Gasteiger partial charge >= 0.3 is 6.09 Å². The van der Waals surface area contributed by atoms with Crippen molar-refractivity contribution in [1.29, 1.82) is 0 Å². The molecule has 0 aromatic heterocycles. The Balaban J connectivity index is 0.968. The number of aliphatic hydroxyl groups is 1. The fourth-order valence-electron chi connectivity index (χ4n) is 9.09. The second-order valence-electron chi connectivity index (χ2n) is 18.8. The number of hydrogen-bond acceptors (Lipinski definition) is 13. The Labute approximate surface area is 408 Å². The first kappa shape index (κ1) is 50.9. The molecule has 4 heterocycles. The van der Waals surface area contributed by atoms with Gasteiger partial charge in [0.1, 0.15) is 12.4 Å². The molecule has 372 valence electrons. The summed E-state index contributed by atoms with van der Waals surface area (Å²) in [6.45, 7) is 11.1. The van der Waals surface area contributed by atoms with Gasteiger partial charge in [0.25, 0.3) is 11.8 Å². The van der Waals surface area contributed by atoms with Gasteiger partial charge in [0, 0.05) is 49.5 Å². The molecule has 3 aromatic carbocycles. The van der Waals surface area contributed by atoms with Gasteiger partial charge in [-0.2, -0.15) is 0 Å². The second kappa shape index (κ2) is 22.2. The Hall–Kier alpha value is -7.01. The average Bonchev–Trinajstić information content (AvgIpc) is 3.87. The Morgan fingerprint density at radius 1 is 0.786 bits per heavy atom. The van der Waals surface area contributed by atoms with Gasteiger partial charge in [-0.1, -0.05) is 49.3 Å². The molecule has 70 heavy (non-hydrogen) atoms. The standard InChI is InChI=1S/C53H63N5O12/c1-30(2)38(20-33(5)59)49(61)55-34(6)44(60)21-35-12-14-36(15-13-35)29-70-53(65)58-42-25-48(46(67-8)23-40(42)51(63)57-28-32(4)19-43(57)52(58)64)69-17-11-9-10-16-68-47-24-41-39(22-45(47)66-7)50(62)56-27-31(3)18-37(56)26-54-41/h12-15,22-28,30,34,37-38,43,52,64H,9-11,16-21,29H2,1-8H3,(H,55,61)/t34-,37-,38-,43-,52-/m0/s1. The van der Waals surface area contributed by atoms with Crippen LogP contribution in [0.5, 0.6) is 23.0 Å². The van der Waals surface area contributed by atoms with Gasteiger partial charge in [-0.05, 0) is 89.0 Å². The number of nitrogens with zero attached hydrogens (tertiary/aromatic N) is 4. The van der Waals surface area contributed by atoms with Crippen molar-refractivity contribution in [2.75, 3.05) is 32.3 Å². The lowest BCUT2D eigenvalue weighted by atomic mass is 9.89. The molecule has 0 saturated heterocycles. The molecule has 0 unspecified atom stereocenters. The number of anilines is 1. The van der Waals surface area contributed by atoms with Crippen molar-refractivity contribution in [2.45, 2.75) is 117 Å². The number of ether oxygens (including phenoxy) is 5. The normalized spacial score (nSPS) is 18.9. The van der Waals surface area contributed by atoms with Crippen molar-refractivity contribution in [3.63, 3.8) is 0 Å². The maximum atomic E-state index is 14.1. The van der Waals surface area contributed by atoms with Gasteiger partial charge in [-0.3, -0.25) is 24.2 Å². The summed E-state index contributed by atoms with van der Waals surface area (Å²) >= 11 is 0. The van der Waals surface area contributed by atoms with Crippen LogP contribution in [0.15, 0.2) is 77.1 Å². The van der Waals surface area contributed by atoms with Crippen LogP contribution >= 0.6 is 0 Å². The molecule has 0 fully saturated rings. The summed E-state index contributed by atoms with van der Waals surface area (Å²) in [5.41, 5.74) is 4.43. The van der Waals surface area contributed by atoms with Crippen molar-refractivity contribution in [1.82, 2.24) is 15.1 Å². The molecule has 17 nitrogen and oxygen atoms in total. The number of nitrogens with one attached hydrogen (secondary N) is 1. The lowest BCUT2D eigenvalue weighted by Gasteiger charge is -2.31. The summed E-state index contributed by atoms with van der Waals surface area (Å²) in [6, 6.07) is 11.7. The monoisotopic (exact) mass is 961 g/mol. The molecule has 0 spiro atoms. The van der Waals surface area contributed by atoms with E-state index in [-0.39, 0.29) is 84.1 Å². The fourth-order valence-corrected chi connectivity index (χ4v) is 9.09. The highest BCUT2D eigenvalue weighted by atomic mass is 16.6. The number of aliphatic imine (C=N–C) groups is 1. The molecule has 2 N–H and O–H groups in total. The van der Waals surface area contributed by atoms with Gasteiger partial charge in [-0.15, -0.1) is 0 Å². The number of Topliss-reactive ketones (excluding diaryl/α,β-unsaturated/α-hetero) is 2. The lowest BCUT2D eigenvalue weighted by Crippen LogP contribution is -2.50. The minimum absolute atomic E-state index is 0.0448. The largest absolute Gasteiger partial charge is 0.493 e. The minimum atomic E-state index is -1.48. The number of amides is 4. The van der Waals surface area contributed by atoms with Crippen molar-refractivity contribution in [2.24, 2.45) is 16.8 Å².